The molecule has 33 heavy (non-hydrogen) atoms. The lowest BCUT2D eigenvalue weighted by Gasteiger charge is -2.31. The second kappa shape index (κ2) is 7.75. The van der Waals surface area contributed by atoms with Crippen LogP contribution in [0.4, 0.5) is 44.5 Å². The van der Waals surface area contributed by atoms with Gasteiger partial charge in [0.1, 0.15) is 5.00 Å². The second-order valence-electron chi connectivity index (χ2n) is 7.67. The van der Waals surface area contributed by atoms with Gasteiger partial charge in [0, 0.05) is 4.88 Å². The van der Waals surface area contributed by atoms with Crippen molar-refractivity contribution in [3.05, 3.63) is 16.0 Å². The number of amides is 1. The Morgan fingerprint density at radius 3 is 2.27 bits per heavy atom. The highest BCUT2D eigenvalue weighted by Gasteiger charge is 2.96. The number of thiophene rings is 1. The highest BCUT2D eigenvalue weighted by molar-refractivity contribution is 7.17. The molecular formula is C18H16F9NO4S. The summed E-state index contributed by atoms with van der Waals surface area (Å²) in [5.41, 5.74) is -0.0683. The standard InChI is InChI=1S/C18H16F9NO4S/c1-3-31-12(29)10-8-5-4-7(2)6-9(8)33-11(10)28-13(30)14(19,20)17(25)15(21,22)16(23,24)18(26,27)32-17/h7H,3-6H2,1-2H3,(H,28,30). The summed E-state index contributed by atoms with van der Waals surface area (Å²) in [7, 11) is 0. The van der Waals surface area contributed by atoms with E-state index >= 15 is 0 Å². The van der Waals surface area contributed by atoms with Crippen LogP contribution in [0.1, 0.15) is 41.1 Å². The molecule has 3 rings (SSSR count). The molecule has 5 nitrogen and oxygen atoms in total. The molecule has 1 N–H and O–H groups in total. The van der Waals surface area contributed by atoms with Gasteiger partial charge in [0.05, 0.1) is 12.2 Å². The Morgan fingerprint density at radius 1 is 1.15 bits per heavy atom. The van der Waals surface area contributed by atoms with E-state index in [-0.39, 0.29) is 18.9 Å². The quantitative estimate of drug-likeness (QED) is 0.435. The number of ether oxygens (including phenoxy) is 2. The number of alkyl halides is 9. The first kappa shape index (κ1) is 25.6. The average Bonchev–Trinajstić information content (AvgIpc) is 3.07. The van der Waals surface area contributed by atoms with Crippen molar-refractivity contribution in [3.8, 4) is 0 Å². The smallest absolute Gasteiger partial charge is 0.428 e. The molecule has 1 aromatic heterocycles. The number of esters is 1. The van der Waals surface area contributed by atoms with E-state index in [2.05, 4.69) is 4.74 Å². The molecule has 1 aromatic rings. The zero-order valence-corrected chi connectivity index (χ0v) is 17.7. The molecule has 0 aromatic carbocycles. The summed E-state index contributed by atoms with van der Waals surface area (Å²) in [4.78, 5) is 24.9. The van der Waals surface area contributed by atoms with Crippen molar-refractivity contribution in [2.75, 3.05) is 11.9 Å². The molecular weight excluding hydrogens is 497 g/mol. The van der Waals surface area contributed by atoms with E-state index < -0.39 is 52.2 Å². The molecule has 1 saturated heterocycles. The van der Waals surface area contributed by atoms with E-state index in [1.54, 1.807) is 0 Å². The van der Waals surface area contributed by atoms with Gasteiger partial charge in [0.2, 0.25) is 0 Å². The molecule has 0 saturated carbocycles. The molecule has 1 aliphatic carbocycles. The highest BCUT2D eigenvalue weighted by atomic mass is 32.1. The van der Waals surface area contributed by atoms with E-state index in [1.165, 1.54) is 12.2 Å². The van der Waals surface area contributed by atoms with Gasteiger partial charge in [-0.15, -0.1) is 11.3 Å². The molecule has 186 valence electrons. The minimum absolute atomic E-state index is 0.0975. The Balaban J connectivity index is 2.01. The Morgan fingerprint density at radius 2 is 1.76 bits per heavy atom. The summed E-state index contributed by atoms with van der Waals surface area (Å²) in [6, 6.07) is 0. The first-order valence-corrected chi connectivity index (χ1v) is 10.3. The molecule has 1 amide bonds. The predicted molar refractivity (Wildman–Crippen MR) is 94.8 cm³/mol. The van der Waals surface area contributed by atoms with Gasteiger partial charge < -0.3 is 10.1 Å². The van der Waals surface area contributed by atoms with Crippen molar-refractivity contribution in [2.24, 2.45) is 5.92 Å². The van der Waals surface area contributed by atoms with Crippen molar-refractivity contribution < 1.29 is 58.6 Å². The van der Waals surface area contributed by atoms with Crippen LogP contribution in [0, 0.1) is 5.92 Å². The molecule has 2 atom stereocenters. The lowest BCUT2D eigenvalue weighted by atomic mass is 9.88. The summed E-state index contributed by atoms with van der Waals surface area (Å²) in [6.07, 6.45) is -5.16. The molecule has 0 spiro atoms. The number of nitrogens with one attached hydrogen (secondary N) is 1. The van der Waals surface area contributed by atoms with Crippen LogP contribution >= 0.6 is 11.3 Å². The molecule has 2 heterocycles. The van der Waals surface area contributed by atoms with Crippen molar-refractivity contribution in [1.82, 2.24) is 0 Å². The number of anilines is 1. The van der Waals surface area contributed by atoms with Gasteiger partial charge in [-0.2, -0.15) is 39.5 Å². The van der Waals surface area contributed by atoms with Crippen molar-refractivity contribution in [3.63, 3.8) is 0 Å². The summed E-state index contributed by atoms with van der Waals surface area (Å²) in [5.74, 6) is -30.1. The maximum Gasteiger partial charge on any atom is 0.428 e. The molecule has 1 aliphatic heterocycles. The van der Waals surface area contributed by atoms with Crippen LogP contribution in [0.15, 0.2) is 0 Å². The maximum atomic E-state index is 14.4. The number of carbonyl (C=O) groups excluding carboxylic acids is 2. The minimum Gasteiger partial charge on any atom is -0.462 e. The van der Waals surface area contributed by atoms with Crippen LogP contribution in [0.5, 0.6) is 0 Å². The predicted octanol–water partition coefficient (Wildman–Crippen LogP) is 5.18. The number of rotatable bonds is 5. The molecule has 15 heteroatoms. The van der Waals surface area contributed by atoms with Gasteiger partial charge in [0.25, 0.3) is 0 Å². The zero-order valence-electron chi connectivity index (χ0n) is 16.8. The molecule has 2 aliphatic rings. The number of hydrogen-bond acceptors (Lipinski definition) is 5. The van der Waals surface area contributed by atoms with Gasteiger partial charge in [-0.25, -0.2) is 4.79 Å². The maximum absolute atomic E-state index is 14.4. The number of fused-ring (bicyclic) bond motifs is 1. The number of carbonyl (C=O) groups is 2. The third kappa shape index (κ3) is 3.49. The van der Waals surface area contributed by atoms with E-state index in [4.69, 9.17) is 4.74 Å². The van der Waals surface area contributed by atoms with Gasteiger partial charge in [0.15, 0.2) is 0 Å². The van der Waals surface area contributed by atoms with E-state index in [9.17, 15) is 49.1 Å². The Bertz CT molecular complexity index is 980. The second-order valence-corrected chi connectivity index (χ2v) is 8.77. The average molecular weight is 513 g/mol. The third-order valence-corrected chi connectivity index (χ3v) is 6.51. The van der Waals surface area contributed by atoms with Crippen LogP contribution in [0.25, 0.3) is 0 Å². The highest BCUT2D eigenvalue weighted by Crippen LogP contribution is 2.64. The Kier molecular flexibility index (Phi) is 6.01. The molecule has 0 bridgehead atoms. The number of hydrogen-bond donors (Lipinski definition) is 1. The monoisotopic (exact) mass is 513 g/mol. The lowest BCUT2D eigenvalue weighted by molar-refractivity contribution is -0.366. The first-order valence-electron chi connectivity index (χ1n) is 9.48. The Labute approximate surface area is 184 Å². The van der Waals surface area contributed by atoms with E-state index in [1.807, 2.05) is 6.92 Å². The van der Waals surface area contributed by atoms with E-state index in [0.29, 0.717) is 34.6 Å². The summed E-state index contributed by atoms with van der Waals surface area (Å²) < 4.78 is 131. The largest absolute Gasteiger partial charge is 0.462 e. The van der Waals surface area contributed by atoms with Gasteiger partial charge in [-0.1, -0.05) is 6.92 Å². The SMILES string of the molecule is CCOC(=O)c1c(NC(=O)C(F)(F)C2(F)OC(F)(F)C(F)(F)C2(F)F)sc2c1CCC(C)C2. The summed E-state index contributed by atoms with van der Waals surface area (Å²) >= 11 is 0.592. The Hall–Kier alpha value is -2.03. The lowest BCUT2D eigenvalue weighted by Crippen LogP contribution is -2.63. The van der Waals surface area contributed by atoms with Gasteiger partial charge in [-0.3, -0.25) is 9.53 Å². The van der Waals surface area contributed by atoms with Crippen molar-refractivity contribution in [2.45, 2.75) is 62.8 Å². The summed E-state index contributed by atoms with van der Waals surface area (Å²) in [6.45, 7) is 3.09. The topological polar surface area (TPSA) is 64.6 Å². The van der Waals surface area contributed by atoms with Crippen molar-refractivity contribution >= 4 is 28.2 Å². The molecule has 2 unspecified atom stereocenters. The fourth-order valence-corrected chi connectivity index (χ4v) is 4.93. The van der Waals surface area contributed by atoms with Crippen LogP contribution in [-0.4, -0.2) is 48.2 Å². The summed E-state index contributed by atoms with van der Waals surface area (Å²) in [5, 5.41) is 0.690. The van der Waals surface area contributed by atoms with Crippen LogP contribution < -0.4 is 5.32 Å². The van der Waals surface area contributed by atoms with Gasteiger partial charge >= 0.3 is 41.6 Å². The van der Waals surface area contributed by atoms with Crippen LogP contribution in [0.2, 0.25) is 0 Å². The van der Waals surface area contributed by atoms with E-state index in [0.717, 1.165) is 0 Å². The fourth-order valence-electron chi connectivity index (χ4n) is 3.54. The minimum atomic E-state index is -6.79. The van der Waals surface area contributed by atoms with Crippen LogP contribution in [0.3, 0.4) is 0 Å². The zero-order chi connectivity index (χ0) is 25.2. The fraction of sp³-hybridized carbons (Fsp3) is 0.667. The third-order valence-electron chi connectivity index (χ3n) is 5.34. The van der Waals surface area contributed by atoms with Crippen molar-refractivity contribution in [1.29, 1.82) is 0 Å². The molecule has 1 fully saturated rings. The number of halogens is 9. The first-order chi connectivity index (χ1) is 14.9. The van der Waals surface area contributed by atoms with Gasteiger partial charge in [-0.05, 0) is 37.7 Å². The molecule has 0 radical (unpaired) electrons. The van der Waals surface area contributed by atoms with Crippen LogP contribution in [-0.2, 0) is 27.1 Å². The normalized spacial score (nSPS) is 27.7.